The number of thiazole rings is 1. The molecule has 0 aliphatic carbocycles. The highest BCUT2D eigenvalue weighted by Crippen LogP contribution is 2.26. The standard InChI is InChI=1S/C9H15N3O2S2/c1-16(13,14)11-7-8-3-2-5-12(8)9-10-4-6-15-9/h4,6,8,11H,2-3,5,7H2,1H3/t8-/m0/s1. The maximum Gasteiger partial charge on any atom is 0.208 e. The van der Waals surface area contributed by atoms with E-state index >= 15 is 0 Å². The van der Waals surface area contributed by atoms with Gasteiger partial charge in [0.2, 0.25) is 10.0 Å². The van der Waals surface area contributed by atoms with Gasteiger partial charge in [-0.15, -0.1) is 11.3 Å². The van der Waals surface area contributed by atoms with Crippen molar-refractivity contribution in [2.45, 2.75) is 18.9 Å². The van der Waals surface area contributed by atoms with Gasteiger partial charge in [-0.25, -0.2) is 18.1 Å². The van der Waals surface area contributed by atoms with Gasteiger partial charge in [0.25, 0.3) is 0 Å². The highest BCUT2D eigenvalue weighted by atomic mass is 32.2. The van der Waals surface area contributed by atoms with Crippen LogP contribution in [0.25, 0.3) is 0 Å². The Balaban J connectivity index is 1.99. The zero-order valence-electron chi connectivity index (χ0n) is 9.09. The van der Waals surface area contributed by atoms with Crippen LogP contribution in [0.5, 0.6) is 0 Å². The number of anilines is 1. The molecular weight excluding hydrogens is 246 g/mol. The van der Waals surface area contributed by atoms with Crippen LogP contribution < -0.4 is 9.62 Å². The number of nitrogens with one attached hydrogen (secondary N) is 1. The van der Waals surface area contributed by atoms with E-state index in [1.165, 1.54) is 6.26 Å². The molecule has 2 rings (SSSR count). The SMILES string of the molecule is CS(=O)(=O)NC[C@@H]1CCCN1c1nccs1. The summed E-state index contributed by atoms with van der Waals surface area (Å²) in [6, 6.07) is 0.237. The fourth-order valence-electron chi connectivity index (χ4n) is 1.91. The molecular formula is C9H15N3O2S2. The first-order chi connectivity index (χ1) is 7.56. The van der Waals surface area contributed by atoms with Gasteiger partial charge in [-0.2, -0.15) is 0 Å². The lowest BCUT2D eigenvalue weighted by molar-refractivity contribution is 0.572. The van der Waals surface area contributed by atoms with Crippen molar-refractivity contribution in [1.29, 1.82) is 0 Å². The van der Waals surface area contributed by atoms with Crippen LogP contribution in [0.1, 0.15) is 12.8 Å². The first kappa shape index (κ1) is 11.8. The van der Waals surface area contributed by atoms with E-state index in [-0.39, 0.29) is 6.04 Å². The summed E-state index contributed by atoms with van der Waals surface area (Å²) in [6.07, 6.45) is 5.08. The predicted octanol–water partition coefficient (Wildman–Crippen LogP) is 0.661. The van der Waals surface area contributed by atoms with Crippen molar-refractivity contribution in [1.82, 2.24) is 9.71 Å². The van der Waals surface area contributed by atoms with Crippen LogP contribution in [-0.4, -0.2) is 38.8 Å². The smallest absolute Gasteiger partial charge is 0.208 e. The summed E-state index contributed by atoms with van der Waals surface area (Å²) in [5, 5.41) is 2.92. The maximum absolute atomic E-state index is 11.0. The van der Waals surface area contributed by atoms with Crippen molar-refractivity contribution in [3.63, 3.8) is 0 Å². The van der Waals surface area contributed by atoms with Crippen LogP contribution in [-0.2, 0) is 10.0 Å². The van der Waals surface area contributed by atoms with Crippen LogP contribution >= 0.6 is 11.3 Å². The summed E-state index contributed by atoms with van der Waals surface area (Å²) < 4.78 is 24.6. The Bertz CT molecular complexity index is 430. The van der Waals surface area contributed by atoms with E-state index in [0.29, 0.717) is 6.54 Å². The summed E-state index contributed by atoms with van der Waals surface area (Å²) in [5.41, 5.74) is 0. The van der Waals surface area contributed by atoms with Crippen molar-refractivity contribution in [3.05, 3.63) is 11.6 Å². The number of aromatic nitrogens is 1. The largest absolute Gasteiger partial charge is 0.344 e. The third kappa shape index (κ3) is 2.93. The Hall–Kier alpha value is -0.660. The zero-order chi connectivity index (χ0) is 11.6. The molecule has 0 saturated carbocycles. The molecule has 0 bridgehead atoms. The minimum atomic E-state index is -3.10. The normalized spacial score (nSPS) is 21.6. The lowest BCUT2D eigenvalue weighted by Gasteiger charge is -2.23. The molecule has 90 valence electrons. The van der Waals surface area contributed by atoms with Crippen molar-refractivity contribution >= 4 is 26.5 Å². The molecule has 7 heteroatoms. The molecule has 1 aliphatic rings. The van der Waals surface area contributed by atoms with E-state index in [9.17, 15) is 8.42 Å². The van der Waals surface area contributed by atoms with E-state index in [1.807, 2.05) is 5.38 Å². The molecule has 1 N–H and O–H groups in total. The summed E-state index contributed by atoms with van der Waals surface area (Å²) in [5.74, 6) is 0. The molecule has 1 fully saturated rings. The van der Waals surface area contributed by atoms with Gasteiger partial charge in [-0.3, -0.25) is 0 Å². The van der Waals surface area contributed by atoms with Crippen molar-refractivity contribution in [2.75, 3.05) is 24.2 Å². The van der Waals surface area contributed by atoms with E-state index in [0.717, 1.165) is 24.5 Å². The highest BCUT2D eigenvalue weighted by Gasteiger charge is 2.26. The second-order valence-corrected chi connectivity index (χ2v) is 6.63. The molecule has 1 aliphatic heterocycles. The molecule has 0 aromatic carbocycles. The highest BCUT2D eigenvalue weighted by molar-refractivity contribution is 7.88. The summed E-state index contributed by atoms with van der Waals surface area (Å²) in [6.45, 7) is 1.43. The van der Waals surface area contributed by atoms with E-state index < -0.39 is 10.0 Å². The number of nitrogens with zero attached hydrogens (tertiary/aromatic N) is 2. The second-order valence-electron chi connectivity index (χ2n) is 3.92. The lowest BCUT2D eigenvalue weighted by atomic mass is 10.2. The average Bonchev–Trinajstić information content (AvgIpc) is 2.84. The van der Waals surface area contributed by atoms with Gasteiger partial charge >= 0.3 is 0 Å². The zero-order valence-corrected chi connectivity index (χ0v) is 10.7. The molecule has 0 unspecified atom stereocenters. The molecule has 2 heterocycles. The van der Waals surface area contributed by atoms with Crippen molar-refractivity contribution in [3.8, 4) is 0 Å². The third-order valence-electron chi connectivity index (χ3n) is 2.62. The molecule has 0 amide bonds. The Morgan fingerprint density at radius 3 is 3.12 bits per heavy atom. The molecule has 16 heavy (non-hydrogen) atoms. The molecule has 1 saturated heterocycles. The van der Waals surface area contributed by atoms with Crippen molar-refractivity contribution in [2.24, 2.45) is 0 Å². The van der Waals surface area contributed by atoms with E-state index in [4.69, 9.17) is 0 Å². The fraction of sp³-hybridized carbons (Fsp3) is 0.667. The number of hydrogen-bond donors (Lipinski definition) is 1. The topological polar surface area (TPSA) is 62.3 Å². The molecule has 0 spiro atoms. The van der Waals surface area contributed by atoms with Gasteiger partial charge < -0.3 is 4.90 Å². The number of hydrogen-bond acceptors (Lipinski definition) is 5. The van der Waals surface area contributed by atoms with Crippen LogP contribution in [0.3, 0.4) is 0 Å². The van der Waals surface area contributed by atoms with Gasteiger partial charge in [0.05, 0.1) is 6.26 Å². The number of rotatable bonds is 4. The van der Waals surface area contributed by atoms with Gasteiger partial charge in [0, 0.05) is 30.7 Å². The molecule has 1 aromatic rings. The Morgan fingerprint density at radius 1 is 1.69 bits per heavy atom. The Morgan fingerprint density at radius 2 is 2.50 bits per heavy atom. The maximum atomic E-state index is 11.0. The Labute approximate surface area is 99.5 Å². The summed E-state index contributed by atoms with van der Waals surface area (Å²) >= 11 is 1.59. The molecule has 5 nitrogen and oxygen atoms in total. The monoisotopic (exact) mass is 261 g/mol. The van der Waals surface area contributed by atoms with Gasteiger partial charge in [-0.1, -0.05) is 0 Å². The van der Waals surface area contributed by atoms with Crippen LogP contribution in [0.2, 0.25) is 0 Å². The lowest BCUT2D eigenvalue weighted by Crippen LogP contribution is -2.39. The van der Waals surface area contributed by atoms with Gasteiger partial charge in [0.1, 0.15) is 0 Å². The molecule has 1 atom stereocenters. The predicted molar refractivity (Wildman–Crippen MR) is 65.3 cm³/mol. The van der Waals surface area contributed by atoms with Crippen LogP contribution in [0, 0.1) is 0 Å². The Kier molecular flexibility index (Phi) is 3.46. The minimum Gasteiger partial charge on any atom is -0.344 e. The van der Waals surface area contributed by atoms with Crippen LogP contribution in [0.4, 0.5) is 5.13 Å². The molecule has 1 aromatic heterocycles. The average molecular weight is 261 g/mol. The minimum absolute atomic E-state index is 0.237. The number of sulfonamides is 1. The van der Waals surface area contributed by atoms with E-state index in [2.05, 4.69) is 14.6 Å². The quantitative estimate of drug-likeness (QED) is 0.865. The fourth-order valence-corrected chi connectivity index (χ4v) is 3.14. The second kappa shape index (κ2) is 4.68. The summed E-state index contributed by atoms with van der Waals surface area (Å²) in [4.78, 5) is 6.44. The molecule has 0 radical (unpaired) electrons. The van der Waals surface area contributed by atoms with Gasteiger partial charge in [0.15, 0.2) is 5.13 Å². The third-order valence-corrected chi connectivity index (χ3v) is 4.12. The summed E-state index contributed by atoms with van der Waals surface area (Å²) in [7, 11) is -3.10. The van der Waals surface area contributed by atoms with Gasteiger partial charge in [-0.05, 0) is 12.8 Å². The first-order valence-corrected chi connectivity index (χ1v) is 7.94. The van der Waals surface area contributed by atoms with Crippen LogP contribution in [0.15, 0.2) is 11.6 Å². The first-order valence-electron chi connectivity index (χ1n) is 5.17. The van der Waals surface area contributed by atoms with Crippen molar-refractivity contribution < 1.29 is 8.42 Å². The van der Waals surface area contributed by atoms with E-state index in [1.54, 1.807) is 17.5 Å².